The molecule has 0 heterocycles. The Bertz CT molecular complexity index is 720. The van der Waals surface area contributed by atoms with Crippen LogP contribution < -0.4 is 0 Å². The van der Waals surface area contributed by atoms with Crippen molar-refractivity contribution in [2.45, 2.75) is 103 Å². The molecule has 5 aliphatic carbocycles. The highest BCUT2D eigenvalue weighted by Crippen LogP contribution is 2.65. The highest BCUT2D eigenvalue weighted by Gasteiger charge is 2.60. The number of hydrogen-bond donors (Lipinski definition) is 0. The van der Waals surface area contributed by atoms with Crippen LogP contribution in [0.15, 0.2) is 12.2 Å². The van der Waals surface area contributed by atoms with Gasteiger partial charge in [-0.3, -0.25) is 9.59 Å². The van der Waals surface area contributed by atoms with Crippen LogP contribution in [0.1, 0.15) is 97.3 Å². The van der Waals surface area contributed by atoms with Crippen molar-refractivity contribution in [2.75, 3.05) is 0 Å². The Kier molecular flexibility index (Phi) is 5.39. The van der Waals surface area contributed by atoms with E-state index in [2.05, 4.69) is 19.9 Å². The second-order valence-electron chi connectivity index (χ2n) is 11.8. The molecule has 0 aromatic heterocycles. The quantitative estimate of drug-likeness (QED) is 0.512. The van der Waals surface area contributed by atoms with Crippen LogP contribution in [-0.2, 0) is 14.3 Å². The molecule has 30 heavy (non-hydrogen) atoms. The molecule has 0 spiro atoms. The molecular weight excluding hydrogens is 372 g/mol. The number of rotatable bonds is 4. The van der Waals surface area contributed by atoms with Gasteiger partial charge in [0, 0.05) is 18.3 Å². The van der Waals surface area contributed by atoms with E-state index in [1.54, 1.807) is 0 Å². The second-order valence-corrected chi connectivity index (χ2v) is 11.8. The molecule has 7 atom stereocenters. The topological polar surface area (TPSA) is 43.4 Å². The predicted octanol–water partition coefficient (Wildman–Crippen LogP) is 6.26. The highest BCUT2D eigenvalue weighted by molar-refractivity contribution is 5.91. The van der Waals surface area contributed by atoms with Crippen molar-refractivity contribution in [1.82, 2.24) is 0 Å². The first-order chi connectivity index (χ1) is 14.4. The lowest BCUT2D eigenvalue weighted by atomic mass is 9.46. The van der Waals surface area contributed by atoms with E-state index >= 15 is 0 Å². The molecule has 0 radical (unpaired) electrons. The predicted molar refractivity (Wildman–Crippen MR) is 118 cm³/mol. The van der Waals surface area contributed by atoms with Crippen LogP contribution in [0.3, 0.4) is 0 Å². The zero-order valence-electron chi connectivity index (χ0n) is 19.0. The second kappa shape index (κ2) is 7.78. The van der Waals surface area contributed by atoms with Crippen LogP contribution in [0.2, 0.25) is 0 Å². The van der Waals surface area contributed by atoms with Crippen molar-refractivity contribution in [1.29, 1.82) is 0 Å². The average molecular weight is 413 g/mol. The molecule has 0 amide bonds. The Hall–Kier alpha value is -1.12. The first kappa shape index (κ1) is 20.8. The molecule has 7 unspecified atom stereocenters. The lowest BCUT2D eigenvalue weighted by molar-refractivity contribution is -0.161. The lowest BCUT2D eigenvalue weighted by Crippen LogP contribution is -2.53. The molecule has 5 aliphatic rings. The standard InChI is InChI=1S/C27H40O3/c1-26-15-13-20(28)17-19(26)8-9-21-22-10-11-24(27(22,2)16-14-23(21)26)30-25(29)12-7-18-5-3-4-6-18/h13,15,18-19,21-24H,3-12,14,16-17H2,1-2H3. The van der Waals surface area contributed by atoms with Crippen molar-refractivity contribution < 1.29 is 14.3 Å². The van der Waals surface area contributed by atoms with Gasteiger partial charge in [0.05, 0.1) is 0 Å². The van der Waals surface area contributed by atoms with Gasteiger partial charge < -0.3 is 4.74 Å². The number of carbonyl (C=O) groups excluding carboxylic acids is 2. The number of carbonyl (C=O) groups is 2. The van der Waals surface area contributed by atoms with E-state index in [9.17, 15) is 9.59 Å². The number of hydrogen-bond acceptors (Lipinski definition) is 3. The average Bonchev–Trinajstić information content (AvgIpc) is 3.35. The van der Waals surface area contributed by atoms with Gasteiger partial charge in [-0.1, -0.05) is 45.6 Å². The third kappa shape index (κ3) is 3.39. The van der Waals surface area contributed by atoms with E-state index in [4.69, 9.17) is 4.74 Å². The molecule has 0 saturated heterocycles. The summed E-state index contributed by atoms with van der Waals surface area (Å²) in [7, 11) is 0. The molecule has 0 N–H and O–H groups in total. The number of ketones is 1. The Morgan fingerprint density at radius 3 is 2.63 bits per heavy atom. The summed E-state index contributed by atoms with van der Waals surface area (Å²) in [5.74, 6) is 3.76. The largest absolute Gasteiger partial charge is 0.462 e. The van der Waals surface area contributed by atoms with Gasteiger partial charge in [-0.05, 0) is 86.0 Å². The molecule has 5 rings (SSSR count). The summed E-state index contributed by atoms with van der Waals surface area (Å²) >= 11 is 0. The Labute approximate surface area is 182 Å². The molecule has 4 fully saturated rings. The fourth-order valence-corrected chi connectivity index (χ4v) is 8.62. The van der Waals surface area contributed by atoms with Gasteiger partial charge in [0.25, 0.3) is 0 Å². The Morgan fingerprint density at radius 2 is 1.83 bits per heavy atom. The minimum Gasteiger partial charge on any atom is -0.462 e. The number of esters is 1. The van der Waals surface area contributed by atoms with Crippen molar-refractivity contribution in [3.05, 3.63) is 12.2 Å². The normalized spacial score (nSPS) is 45.7. The third-order valence-electron chi connectivity index (χ3n) is 10.5. The van der Waals surface area contributed by atoms with Crippen LogP contribution in [0, 0.1) is 40.4 Å². The Balaban J connectivity index is 1.25. The van der Waals surface area contributed by atoms with Crippen molar-refractivity contribution in [3.63, 3.8) is 0 Å². The number of allylic oxidation sites excluding steroid dienone is 2. The first-order valence-corrected chi connectivity index (χ1v) is 12.8. The van der Waals surface area contributed by atoms with E-state index in [0.29, 0.717) is 30.0 Å². The van der Waals surface area contributed by atoms with Crippen LogP contribution in [0.4, 0.5) is 0 Å². The van der Waals surface area contributed by atoms with E-state index < -0.39 is 0 Å². The molecule has 4 saturated carbocycles. The van der Waals surface area contributed by atoms with Gasteiger partial charge in [-0.2, -0.15) is 0 Å². The number of ether oxygens (including phenoxy) is 1. The summed E-state index contributed by atoms with van der Waals surface area (Å²) in [6.45, 7) is 4.85. The zero-order valence-corrected chi connectivity index (χ0v) is 19.0. The molecule has 3 heteroatoms. The van der Waals surface area contributed by atoms with E-state index in [1.807, 2.05) is 6.08 Å². The summed E-state index contributed by atoms with van der Waals surface area (Å²) in [6.07, 6.45) is 19.1. The van der Waals surface area contributed by atoms with Crippen molar-refractivity contribution in [2.24, 2.45) is 40.4 Å². The van der Waals surface area contributed by atoms with E-state index in [1.165, 1.54) is 57.8 Å². The van der Waals surface area contributed by atoms with Gasteiger partial charge in [-0.25, -0.2) is 0 Å². The van der Waals surface area contributed by atoms with Gasteiger partial charge in [-0.15, -0.1) is 0 Å². The summed E-state index contributed by atoms with van der Waals surface area (Å²) in [5, 5.41) is 0. The van der Waals surface area contributed by atoms with Gasteiger partial charge in [0.1, 0.15) is 6.10 Å². The van der Waals surface area contributed by atoms with Gasteiger partial charge in [0.2, 0.25) is 0 Å². The van der Waals surface area contributed by atoms with Crippen molar-refractivity contribution in [3.8, 4) is 0 Å². The molecule has 3 nitrogen and oxygen atoms in total. The van der Waals surface area contributed by atoms with Crippen molar-refractivity contribution >= 4 is 11.8 Å². The summed E-state index contributed by atoms with van der Waals surface area (Å²) in [5.41, 5.74) is 0.343. The monoisotopic (exact) mass is 412 g/mol. The summed E-state index contributed by atoms with van der Waals surface area (Å²) < 4.78 is 6.17. The summed E-state index contributed by atoms with van der Waals surface area (Å²) in [6, 6.07) is 0. The fraction of sp³-hybridized carbons (Fsp3) is 0.852. The molecule has 0 aliphatic heterocycles. The molecular formula is C27H40O3. The maximum absolute atomic E-state index is 12.7. The van der Waals surface area contributed by atoms with Crippen LogP contribution in [0.5, 0.6) is 0 Å². The smallest absolute Gasteiger partial charge is 0.306 e. The fourth-order valence-electron chi connectivity index (χ4n) is 8.62. The van der Waals surface area contributed by atoms with Crippen LogP contribution in [0.25, 0.3) is 0 Å². The molecule has 0 bridgehead atoms. The van der Waals surface area contributed by atoms with Gasteiger partial charge in [0.15, 0.2) is 5.78 Å². The zero-order chi connectivity index (χ0) is 20.9. The lowest BCUT2D eigenvalue weighted by Gasteiger charge is -2.58. The summed E-state index contributed by atoms with van der Waals surface area (Å²) in [4.78, 5) is 24.7. The van der Waals surface area contributed by atoms with E-state index in [0.717, 1.165) is 31.1 Å². The Morgan fingerprint density at radius 1 is 1.03 bits per heavy atom. The molecule has 166 valence electrons. The maximum atomic E-state index is 12.7. The first-order valence-electron chi connectivity index (χ1n) is 12.8. The minimum atomic E-state index is 0.0558. The minimum absolute atomic E-state index is 0.0558. The van der Waals surface area contributed by atoms with E-state index in [-0.39, 0.29) is 22.9 Å². The van der Waals surface area contributed by atoms with Crippen LogP contribution in [-0.4, -0.2) is 17.9 Å². The highest BCUT2D eigenvalue weighted by atomic mass is 16.5. The SMILES string of the molecule is CC12C=CC(=O)CC1CCC1C2CCC2(C)C(OC(=O)CCC3CCCC3)CCC12. The van der Waals surface area contributed by atoms with Gasteiger partial charge >= 0.3 is 5.97 Å². The maximum Gasteiger partial charge on any atom is 0.306 e. The third-order valence-corrected chi connectivity index (χ3v) is 10.5. The molecule has 0 aromatic carbocycles. The number of fused-ring (bicyclic) bond motifs is 5. The molecule has 0 aromatic rings. The van der Waals surface area contributed by atoms with Crippen LogP contribution >= 0.6 is 0 Å².